The van der Waals surface area contributed by atoms with E-state index in [9.17, 15) is 9.59 Å². The Balaban J connectivity index is 1.31. The fourth-order valence-electron chi connectivity index (χ4n) is 4.26. The lowest BCUT2D eigenvalue weighted by atomic mass is 10.1. The maximum atomic E-state index is 13.0. The zero-order chi connectivity index (χ0) is 23.0. The number of anilines is 1. The number of likely N-dealkylation sites (tertiary alicyclic amines) is 1. The van der Waals surface area contributed by atoms with E-state index in [2.05, 4.69) is 44.8 Å². The number of benzene rings is 2. The third-order valence-electron chi connectivity index (χ3n) is 6.18. The minimum Gasteiger partial charge on any atom is -0.352 e. The van der Waals surface area contributed by atoms with Crippen LogP contribution >= 0.6 is 0 Å². The van der Waals surface area contributed by atoms with Crippen LogP contribution in [0.5, 0.6) is 0 Å². The van der Waals surface area contributed by atoms with Crippen LogP contribution in [-0.2, 0) is 6.42 Å². The highest BCUT2D eigenvalue weighted by molar-refractivity contribution is 6.09. The molecule has 170 valence electrons. The van der Waals surface area contributed by atoms with E-state index in [4.69, 9.17) is 0 Å². The highest BCUT2D eigenvalue weighted by Gasteiger charge is 2.23. The third-order valence-corrected chi connectivity index (χ3v) is 6.18. The maximum absolute atomic E-state index is 13.0. The number of para-hydroxylation sites is 1. The number of hydrogen-bond acceptors (Lipinski definition) is 4. The van der Waals surface area contributed by atoms with Crippen LogP contribution in [0.4, 0.5) is 5.69 Å². The van der Waals surface area contributed by atoms with Crippen molar-refractivity contribution in [2.24, 2.45) is 5.92 Å². The average molecular weight is 443 g/mol. The number of amides is 2. The van der Waals surface area contributed by atoms with E-state index in [1.165, 1.54) is 5.56 Å². The lowest BCUT2D eigenvalue weighted by Crippen LogP contribution is -2.32. The van der Waals surface area contributed by atoms with E-state index in [0.717, 1.165) is 38.0 Å². The summed E-state index contributed by atoms with van der Waals surface area (Å²) in [4.78, 5) is 32.0. The van der Waals surface area contributed by atoms with Gasteiger partial charge in [-0.05, 0) is 61.6 Å². The second-order valence-corrected chi connectivity index (χ2v) is 8.59. The number of carbonyl (C=O) groups is 2. The predicted molar refractivity (Wildman–Crippen MR) is 130 cm³/mol. The van der Waals surface area contributed by atoms with Crippen molar-refractivity contribution in [1.82, 2.24) is 15.2 Å². The highest BCUT2D eigenvalue weighted by atomic mass is 16.2. The smallest absolute Gasteiger partial charge is 0.255 e. The van der Waals surface area contributed by atoms with Gasteiger partial charge in [0.05, 0.1) is 11.3 Å². The lowest BCUT2D eigenvalue weighted by molar-refractivity contribution is 0.0948. The highest BCUT2D eigenvalue weighted by Crippen LogP contribution is 2.22. The first-order valence-corrected chi connectivity index (χ1v) is 11.5. The van der Waals surface area contributed by atoms with Crippen molar-refractivity contribution in [1.29, 1.82) is 0 Å². The van der Waals surface area contributed by atoms with Crippen LogP contribution in [0.15, 0.2) is 73.1 Å². The number of aromatic nitrogens is 1. The zero-order valence-electron chi connectivity index (χ0n) is 19.0. The summed E-state index contributed by atoms with van der Waals surface area (Å²) in [7, 11) is 0. The van der Waals surface area contributed by atoms with Gasteiger partial charge in [-0.3, -0.25) is 14.6 Å². The maximum Gasteiger partial charge on any atom is 0.255 e. The summed E-state index contributed by atoms with van der Waals surface area (Å²) in [6.45, 7) is 5.61. The van der Waals surface area contributed by atoms with Gasteiger partial charge >= 0.3 is 0 Å². The van der Waals surface area contributed by atoms with Crippen LogP contribution in [0, 0.1) is 12.8 Å². The molecule has 1 aliphatic rings. The van der Waals surface area contributed by atoms with Crippen molar-refractivity contribution >= 4 is 17.5 Å². The Bertz CT molecular complexity index is 1090. The summed E-state index contributed by atoms with van der Waals surface area (Å²) in [6.07, 6.45) is 5.27. The summed E-state index contributed by atoms with van der Waals surface area (Å²) in [5.41, 5.74) is 3.73. The van der Waals surface area contributed by atoms with E-state index in [1.54, 1.807) is 30.6 Å². The van der Waals surface area contributed by atoms with Crippen molar-refractivity contribution in [3.05, 3.63) is 95.3 Å². The largest absolute Gasteiger partial charge is 0.352 e. The molecule has 2 heterocycles. The SMILES string of the molecule is Cc1cccc(C(=O)NCC2CCN(CCc3ccccc3)C2)c1NC(=O)c1ccncc1. The second-order valence-electron chi connectivity index (χ2n) is 8.59. The quantitative estimate of drug-likeness (QED) is 0.554. The van der Waals surface area contributed by atoms with E-state index < -0.39 is 0 Å². The molecule has 2 N–H and O–H groups in total. The van der Waals surface area contributed by atoms with Gasteiger partial charge in [0.25, 0.3) is 11.8 Å². The first-order chi connectivity index (χ1) is 16.1. The van der Waals surface area contributed by atoms with Crippen LogP contribution < -0.4 is 10.6 Å². The Hall–Kier alpha value is -3.51. The minimum atomic E-state index is -0.259. The monoisotopic (exact) mass is 442 g/mol. The van der Waals surface area contributed by atoms with E-state index >= 15 is 0 Å². The molecular formula is C27H30N4O2. The molecule has 1 fully saturated rings. The molecule has 2 amide bonds. The van der Waals surface area contributed by atoms with E-state index in [0.29, 0.717) is 29.3 Å². The van der Waals surface area contributed by atoms with Gasteiger partial charge in [0.1, 0.15) is 0 Å². The molecule has 0 spiro atoms. The Morgan fingerprint density at radius 1 is 1.00 bits per heavy atom. The van der Waals surface area contributed by atoms with E-state index in [1.807, 2.05) is 25.1 Å². The van der Waals surface area contributed by atoms with Gasteiger partial charge in [-0.2, -0.15) is 0 Å². The fourth-order valence-corrected chi connectivity index (χ4v) is 4.26. The van der Waals surface area contributed by atoms with Gasteiger partial charge in [-0.1, -0.05) is 42.5 Å². The Morgan fingerprint density at radius 3 is 2.58 bits per heavy atom. The number of carbonyl (C=O) groups excluding carboxylic acids is 2. The van der Waals surface area contributed by atoms with Gasteiger partial charge < -0.3 is 15.5 Å². The van der Waals surface area contributed by atoms with Crippen LogP contribution in [0.2, 0.25) is 0 Å². The summed E-state index contributed by atoms with van der Waals surface area (Å²) >= 11 is 0. The molecule has 6 heteroatoms. The van der Waals surface area contributed by atoms with Crippen molar-refractivity contribution in [3.63, 3.8) is 0 Å². The molecule has 4 rings (SSSR count). The Morgan fingerprint density at radius 2 is 1.79 bits per heavy atom. The predicted octanol–water partition coefficient (Wildman–Crippen LogP) is 3.94. The molecule has 0 saturated carbocycles. The summed E-state index contributed by atoms with van der Waals surface area (Å²) < 4.78 is 0. The number of nitrogens with one attached hydrogen (secondary N) is 2. The van der Waals surface area contributed by atoms with Crippen molar-refractivity contribution < 1.29 is 9.59 Å². The molecule has 1 atom stereocenters. The van der Waals surface area contributed by atoms with Crippen molar-refractivity contribution in [2.45, 2.75) is 19.8 Å². The Kier molecular flexibility index (Phi) is 7.47. The molecule has 0 bridgehead atoms. The first kappa shape index (κ1) is 22.7. The number of hydrogen-bond donors (Lipinski definition) is 2. The topological polar surface area (TPSA) is 74.3 Å². The molecule has 1 unspecified atom stereocenters. The van der Waals surface area contributed by atoms with Gasteiger partial charge in [0.15, 0.2) is 0 Å². The average Bonchev–Trinajstić information content (AvgIpc) is 3.31. The van der Waals surface area contributed by atoms with Crippen LogP contribution in [0.3, 0.4) is 0 Å². The van der Waals surface area contributed by atoms with Crippen LogP contribution in [0.1, 0.15) is 38.3 Å². The molecule has 2 aromatic carbocycles. The van der Waals surface area contributed by atoms with Gasteiger partial charge in [0, 0.05) is 37.6 Å². The standard InChI is InChI=1S/C27H30N4O2/c1-20-6-5-9-24(25(20)30-26(32)23-10-14-28-15-11-23)27(33)29-18-22-13-17-31(19-22)16-12-21-7-3-2-4-8-21/h2-11,14-15,22H,12-13,16-19H2,1H3,(H,29,33)(H,30,32). The summed E-state index contributed by atoms with van der Waals surface area (Å²) in [6, 6.07) is 19.3. The molecule has 1 saturated heterocycles. The number of nitrogens with zero attached hydrogens (tertiary/aromatic N) is 2. The molecule has 33 heavy (non-hydrogen) atoms. The van der Waals surface area contributed by atoms with Crippen LogP contribution in [-0.4, -0.2) is 47.9 Å². The molecule has 6 nitrogen and oxygen atoms in total. The first-order valence-electron chi connectivity index (χ1n) is 11.5. The molecule has 3 aromatic rings. The van der Waals surface area contributed by atoms with Gasteiger partial charge in [-0.25, -0.2) is 0 Å². The Labute approximate surface area is 195 Å². The minimum absolute atomic E-state index is 0.161. The third kappa shape index (κ3) is 6.05. The van der Waals surface area contributed by atoms with Gasteiger partial charge in [0.2, 0.25) is 0 Å². The number of pyridine rings is 1. The molecular weight excluding hydrogens is 412 g/mol. The van der Waals surface area contributed by atoms with Crippen molar-refractivity contribution in [2.75, 3.05) is 31.5 Å². The molecule has 0 aliphatic carbocycles. The zero-order valence-corrected chi connectivity index (χ0v) is 19.0. The normalized spacial score (nSPS) is 15.8. The molecule has 1 aromatic heterocycles. The number of rotatable bonds is 8. The van der Waals surface area contributed by atoms with Crippen LogP contribution in [0.25, 0.3) is 0 Å². The fraction of sp³-hybridized carbons (Fsp3) is 0.296. The number of aryl methyl sites for hydroxylation is 1. The summed E-state index contributed by atoms with van der Waals surface area (Å²) in [5, 5.41) is 6.00. The summed E-state index contributed by atoms with van der Waals surface area (Å²) in [5.74, 6) is 0.0152. The molecule has 1 aliphatic heterocycles. The van der Waals surface area contributed by atoms with E-state index in [-0.39, 0.29) is 11.8 Å². The molecule has 0 radical (unpaired) electrons. The van der Waals surface area contributed by atoms with Crippen molar-refractivity contribution in [3.8, 4) is 0 Å². The van der Waals surface area contributed by atoms with Gasteiger partial charge in [-0.15, -0.1) is 0 Å². The second kappa shape index (κ2) is 10.9. The lowest BCUT2D eigenvalue weighted by Gasteiger charge is -2.17.